The molecule has 2 heteroatoms. The minimum atomic E-state index is 0.663. The normalized spacial score (nSPS) is 21.1. The molecular weight excluding hydrogens is 172 g/mol. The Hall–Kier alpha value is -1.02. The van der Waals surface area contributed by atoms with Gasteiger partial charge < -0.3 is 10.2 Å². The Balaban J connectivity index is 2.17. The third-order valence-electron chi connectivity index (χ3n) is 3.08. The van der Waals surface area contributed by atoms with E-state index in [1.807, 2.05) is 0 Å². The molecule has 1 unspecified atom stereocenters. The fourth-order valence-electron chi connectivity index (χ4n) is 2.13. The molecule has 1 N–H and O–H groups in total. The van der Waals surface area contributed by atoms with E-state index in [-0.39, 0.29) is 0 Å². The molecule has 1 aliphatic rings. The van der Waals surface area contributed by atoms with Gasteiger partial charge in [0.1, 0.15) is 0 Å². The summed E-state index contributed by atoms with van der Waals surface area (Å²) in [5, 5.41) is 3.40. The molecule has 2 rings (SSSR count). The van der Waals surface area contributed by atoms with E-state index >= 15 is 0 Å². The standard InChI is InChI=1S/C12H18N2/c1-10-5-3-4-6-12(10)14(2)11-7-8-13-9-11/h3-6,11,13H,7-9H2,1-2H3. The first-order valence-electron chi connectivity index (χ1n) is 5.28. The molecule has 2 nitrogen and oxygen atoms in total. The first-order valence-corrected chi connectivity index (χ1v) is 5.28. The third-order valence-corrected chi connectivity index (χ3v) is 3.08. The van der Waals surface area contributed by atoms with Crippen molar-refractivity contribution >= 4 is 5.69 Å². The van der Waals surface area contributed by atoms with Gasteiger partial charge in [0.05, 0.1) is 0 Å². The molecule has 1 aromatic carbocycles. The molecule has 0 aliphatic carbocycles. The van der Waals surface area contributed by atoms with Crippen LogP contribution in [0.25, 0.3) is 0 Å². The SMILES string of the molecule is Cc1ccccc1N(C)C1CCNC1. The van der Waals surface area contributed by atoms with Gasteiger partial charge in [-0.2, -0.15) is 0 Å². The minimum Gasteiger partial charge on any atom is -0.370 e. The van der Waals surface area contributed by atoms with Crippen LogP contribution in [0, 0.1) is 6.92 Å². The van der Waals surface area contributed by atoms with Gasteiger partial charge in [-0.05, 0) is 31.5 Å². The van der Waals surface area contributed by atoms with Crippen LogP contribution in [-0.2, 0) is 0 Å². The van der Waals surface area contributed by atoms with Gasteiger partial charge in [-0.25, -0.2) is 0 Å². The number of hydrogen-bond acceptors (Lipinski definition) is 2. The van der Waals surface area contributed by atoms with Crippen LogP contribution in [0.4, 0.5) is 5.69 Å². The maximum absolute atomic E-state index is 3.40. The predicted molar refractivity (Wildman–Crippen MR) is 60.9 cm³/mol. The van der Waals surface area contributed by atoms with Gasteiger partial charge in [-0.3, -0.25) is 0 Å². The van der Waals surface area contributed by atoms with Gasteiger partial charge in [0, 0.05) is 25.3 Å². The molecule has 1 aliphatic heterocycles. The molecule has 76 valence electrons. The van der Waals surface area contributed by atoms with Gasteiger partial charge in [0.2, 0.25) is 0 Å². The summed E-state index contributed by atoms with van der Waals surface area (Å²) in [6.45, 7) is 4.44. The summed E-state index contributed by atoms with van der Waals surface area (Å²) in [7, 11) is 2.19. The lowest BCUT2D eigenvalue weighted by atomic mass is 10.1. The van der Waals surface area contributed by atoms with Gasteiger partial charge in [-0.1, -0.05) is 18.2 Å². The van der Waals surface area contributed by atoms with Crippen molar-refractivity contribution in [3.8, 4) is 0 Å². The van der Waals surface area contributed by atoms with Crippen molar-refractivity contribution in [2.45, 2.75) is 19.4 Å². The number of rotatable bonds is 2. The van der Waals surface area contributed by atoms with Crippen LogP contribution in [0.15, 0.2) is 24.3 Å². The number of anilines is 1. The number of para-hydroxylation sites is 1. The third kappa shape index (κ3) is 1.75. The molecule has 0 saturated carbocycles. The maximum atomic E-state index is 3.40. The average molecular weight is 190 g/mol. The summed E-state index contributed by atoms with van der Waals surface area (Å²) in [6, 6.07) is 9.25. The average Bonchev–Trinajstić information content (AvgIpc) is 2.70. The molecular formula is C12H18N2. The molecule has 1 atom stereocenters. The Labute approximate surface area is 85.9 Å². The minimum absolute atomic E-state index is 0.663. The highest BCUT2D eigenvalue weighted by Gasteiger charge is 2.19. The number of nitrogens with zero attached hydrogens (tertiary/aromatic N) is 1. The predicted octanol–water partition coefficient (Wildman–Crippen LogP) is 1.79. The van der Waals surface area contributed by atoms with Crippen molar-refractivity contribution in [3.05, 3.63) is 29.8 Å². The summed E-state index contributed by atoms with van der Waals surface area (Å²) in [5.74, 6) is 0. The quantitative estimate of drug-likeness (QED) is 0.765. The lowest BCUT2D eigenvalue weighted by Gasteiger charge is -2.27. The second-order valence-electron chi connectivity index (χ2n) is 4.04. The highest BCUT2D eigenvalue weighted by atomic mass is 15.2. The van der Waals surface area contributed by atoms with E-state index in [0.29, 0.717) is 6.04 Å². The smallest absolute Gasteiger partial charge is 0.0423 e. The molecule has 0 aromatic heterocycles. The summed E-state index contributed by atoms with van der Waals surface area (Å²) < 4.78 is 0. The zero-order valence-corrected chi connectivity index (χ0v) is 8.96. The van der Waals surface area contributed by atoms with Crippen LogP contribution in [0.5, 0.6) is 0 Å². The van der Waals surface area contributed by atoms with Crippen LogP contribution < -0.4 is 10.2 Å². The zero-order valence-electron chi connectivity index (χ0n) is 8.96. The topological polar surface area (TPSA) is 15.3 Å². The molecule has 0 radical (unpaired) electrons. The molecule has 14 heavy (non-hydrogen) atoms. The van der Waals surface area contributed by atoms with Gasteiger partial charge in [-0.15, -0.1) is 0 Å². The first-order chi connectivity index (χ1) is 6.79. The van der Waals surface area contributed by atoms with Crippen LogP contribution in [-0.4, -0.2) is 26.2 Å². The van der Waals surface area contributed by atoms with E-state index in [0.717, 1.165) is 13.1 Å². The summed E-state index contributed by atoms with van der Waals surface area (Å²) >= 11 is 0. The number of benzene rings is 1. The van der Waals surface area contributed by atoms with Gasteiger partial charge in [0.25, 0.3) is 0 Å². The van der Waals surface area contributed by atoms with E-state index in [1.54, 1.807) is 0 Å². The van der Waals surface area contributed by atoms with Crippen LogP contribution in [0.3, 0.4) is 0 Å². The second-order valence-corrected chi connectivity index (χ2v) is 4.04. The Bertz CT molecular complexity index is 303. The van der Waals surface area contributed by atoms with E-state index in [2.05, 4.69) is 48.5 Å². The first kappa shape index (κ1) is 9.53. The van der Waals surface area contributed by atoms with Crippen molar-refractivity contribution in [2.24, 2.45) is 0 Å². The lowest BCUT2D eigenvalue weighted by molar-refractivity contribution is 0.684. The second kappa shape index (κ2) is 4.01. The van der Waals surface area contributed by atoms with Crippen molar-refractivity contribution in [3.63, 3.8) is 0 Å². The van der Waals surface area contributed by atoms with E-state index in [1.165, 1.54) is 17.7 Å². The van der Waals surface area contributed by atoms with Gasteiger partial charge in [0.15, 0.2) is 0 Å². The molecule has 1 saturated heterocycles. The molecule has 1 heterocycles. The number of likely N-dealkylation sites (N-methyl/N-ethyl adjacent to an activating group) is 1. The maximum Gasteiger partial charge on any atom is 0.0423 e. The lowest BCUT2D eigenvalue weighted by Crippen LogP contribution is -2.33. The monoisotopic (exact) mass is 190 g/mol. The van der Waals surface area contributed by atoms with Gasteiger partial charge >= 0.3 is 0 Å². The number of aryl methyl sites for hydroxylation is 1. The van der Waals surface area contributed by atoms with Crippen molar-refractivity contribution in [1.82, 2.24) is 5.32 Å². The summed E-state index contributed by atoms with van der Waals surface area (Å²) in [4.78, 5) is 2.40. The van der Waals surface area contributed by atoms with Crippen LogP contribution in [0.1, 0.15) is 12.0 Å². The van der Waals surface area contributed by atoms with Crippen LogP contribution >= 0.6 is 0 Å². The molecule has 1 fully saturated rings. The zero-order chi connectivity index (χ0) is 9.97. The fourth-order valence-corrected chi connectivity index (χ4v) is 2.13. The largest absolute Gasteiger partial charge is 0.370 e. The van der Waals surface area contributed by atoms with E-state index in [9.17, 15) is 0 Å². The summed E-state index contributed by atoms with van der Waals surface area (Å²) in [5.41, 5.74) is 2.73. The molecule has 0 spiro atoms. The molecule has 0 amide bonds. The Morgan fingerprint density at radius 1 is 1.36 bits per heavy atom. The molecule has 1 aromatic rings. The van der Waals surface area contributed by atoms with E-state index in [4.69, 9.17) is 0 Å². The van der Waals surface area contributed by atoms with E-state index < -0.39 is 0 Å². The van der Waals surface area contributed by atoms with Crippen LogP contribution in [0.2, 0.25) is 0 Å². The van der Waals surface area contributed by atoms with Crippen molar-refractivity contribution in [2.75, 3.05) is 25.0 Å². The Morgan fingerprint density at radius 2 is 2.14 bits per heavy atom. The number of hydrogen-bond donors (Lipinski definition) is 1. The highest BCUT2D eigenvalue weighted by molar-refractivity contribution is 5.53. The number of nitrogens with one attached hydrogen (secondary N) is 1. The van der Waals surface area contributed by atoms with Crippen molar-refractivity contribution < 1.29 is 0 Å². The molecule has 0 bridgehead atoms. The highest BCUT2D eigenvalue weighted by Crippen LogP contribution is 2.21. The Morgan fingerprint density at radius 3 is 2.79 bits per heavy atom. The Kier molecular flexibility index (Phi) is 2.73. The van der Waals surface area contributed by atoms with Crippen molar-refractivity contribution in [1.29, 1.82) is 0 Å². The summed E-state index contributed by atoms with van der Waals surface area (Å²) in [6.07, 6.45) is 1.25. The fraction of sp³-hybridized carbons (Fsp3) is 0.500.